The second-order valence-corrected chi connectivity index (χ2v) is 5.32. The minimum absolute atomic E-state index is 0.0562. The Morgan fingerprint density at radius 3 is 2.47 bits per heavy atom. The first-order chi connectivity index (χ1) is 8.02. The Hall–Kier alpha value is -0.930. The van der Waals surface area contributed by atoms with Gasteiger partial charge in [-0.2, -0.15) is 0 Å². The fraction of sp³-hybridized carbons (Fsp3) is 0.538. The van der Waals surface area contributed by atoms with Crippen LogP contribution in [0, 0.1) is 6.92 Å². The lowest BCUT2D eigenvalue weighted by molar-refractivity contribution is 0.370. The molecule has 0 unspecified atom stereocenters. The summed E-state index contributed by atoms with van der Waals surface area (Å²) in [4.78, 5) is 0. The third kappa shape index (κ3) is 1.87. The van der Waals surface area contributed by atoms with Gasteiger partial charge in [0.15, 0.2) is 11.5 Å². The van der Waals surface area contributed by atoms with E-state index in [1.54, 1.807) is 0 Å². The summed E-state index contributed by atoms with van der Waals surface area (Å²) in [6.07, 6.45) is 4.09. The molecule has 3 nitrogen and oxygen atoms in total. The van der Waals surface area contributed by atoms with E-state index in [0.717, 1.165) is 36.8 Å². The van der Waals surface area contributed by atoms with Gasteiger partial charge in [0.1, 0.15) is 0 Å². The van der Waals surface area contributed by atoms with E-state index < -0.39 is 0 Å². The summed E-state index contributed by atoms with van der Waals surface area (Å²) in [5, 5.41) is 20.3. The van der Waals surface area contributed by atoms with Crippen LogP contribution in [0.1, 0.15) is 36.8 Å². The van der Waals surface area contributed by atoms with Crippen LogP contribution in [0.3, 0.4) is 0 Å². The lowest BCUT2D eigenvalue weighted by Crippen LogP contribution is -2.33. The summed E-state index contributed by atoms with van der Waals surface area (Å²) in [5.41, 5.74) is 7.24. The molecular weight excluding hydrogens is 238 g/mol. The van der Waals surface area contributed by atoms with Crippen molar-refractivity contribution in [2.24, 2.45) is 5.73 Å². The van der Waals surface area contributed by atoms with Crippen molar-refractivity contribution in [3.8, 4) is 11.5 Å². The molecule has 1 aromatic carbocycles. The molecule has 1 aliphatic rings. The van der Waals surface area contributed by atoms with Crippen molar-refractivity contribution in [1.82, 2.24) is 0 Å². The summed E-state index contributed by atoms with van der Waals surface area (Å²) >= 11 is 6.08. The standard InChI is InChI=1S/C13H18ClNO2/c1-8-9(14)6-10(16)12(17)11(8)13(7-15)4-2-3-5-13/h6,16-17H,2-5,7,15H2,1H3. The molecule has 0 aliphatic heterocycles. The van der Waals surface area contributed by atoms with Gasteiger partial charge in [-0.05, 0) is 25.3 Å². The van der Waals surface area contributed by atoms with Gasteiger partial charge in [-0.25, -0.2) is 0 Å². The van der Waals surface area contributed by atoms with E-state index in [2.05, 4.69) is 0 Å². The van der Waals surface area contributed by atoms with Crippen LogP contribution in [-0.2, 0) is 5.41 Å². The second kappa shape index (κ2) is 4.39. The molecule has 1 aliphatic carbocycles. The molecule has 0 bridgehead atoms. The lowest BCUT2D eigenvalue weighted by Gasteiger charge is -2.31. The van der Waals surface area contributed by atoms with Crippen molar-refractivity contribution in [1.29, 1.82) is 0 Å². The summed E-state index contributed by atoms with van der Waals surface area (Å²) in [7, 11) is 0. The zero-order chi connectivity index (χ0) is 12.6. The number of phenolic OH excluding ortho intramolecular Hbond substituents is 2. The van der Waals surface area contributed by atoms with Crippen molar-refractivity contribution in [3.05, 3.63) is 22.2 Å². The first kappa shape index (κ1) is 12.5. The van der Waals surface area contributed by atoms with Crippen LogP contribution in [0.4, 0.5) is 0 Å². The van der Waals surface area contributed by atoms with Gasteiger partial charge in [-0.3, -0.25) is 0 Å². The van der Waals surface area contributed by atoms with Gasteiger partial charge < -0.3 is 15.9 Å². The Bertz CT molecular complexity index is 413. The van der Waals surface area contributed by atoms with Crippen molar-refractivity contribution in [2.75, 3.05) is 6.54 Å². The maximum absolute atomic E-state index is 10.1. The molecule has 1 aromatic rings. The molecule has 0 atom stereocenters. The predicted molar refractivity (Wildman–Crippen MR) is 68.7 cm³/mol. The summed E-state index contributed by atoms with van der Waals surface area (Å²) in [6, 6.07) is 1.38. The fourth-order valence-electron chi connectivity index (χ4n) is 2.98. The highest BCUT2D eigenvalue weighted by Gasteiger charge is 2.38. The van der Waals surface area contributed by atoms with Crippen LogP contribution in [0.2, 0.25) is 5.02 Å². The number of hydrogen-bond acceptors (Lipinski definition) is 3. The second-order valence-electron chi connectivity index (χ2n) is 4.92. The first-order valence-electron chi connectivity index (χ1n) is 5.93. The third-order valence-corrected chi connectivity index (χ3v) is 4.35. The smallest absolute Gasteiger partial charge is 0.161 e. The van der Waals surface area contributed by atoms with E-state index in [-0.39, 0.29) is 16.9 Å². The average Bonchev–Trinajstić information content (AvgIpc) is 2.77. The van der Waals surface area contributed by atoms with Crippen LogP contribution in [0.15, 0.2) is 6.07 Å². The van der Waals surface area contributed by atoms with E-state index in [4.69, 9.17) is 17.3 Å². The highest BCUT2D eigenvalue weighted by Crippen LogP contribution is 2.49. The Kier molecular flexibility index (Phi) is 3.23. The van der Waals surface area contributed by atoms with Gasteiger partial charge in [0.05, 0.1) is 0 Å². The predicted octanol–water partition coefficient (Wildman–Crippen LogP) is 2.83. The van der Waals surface area contributed by atoms with E-state index >= 15 is 0 Å². The maximum atomic E-state index is 10.1. The summed E-state index contributed by atoms with van der Waals surface area (Å²) in [6.45, 7) is 2.34. The van der Waals surface area contributed by atoms with Gasteiger partial charge >= 0.3 is 0 Å². The zero-order valence-electron chi connectivity index (χ0n) is 9.96. The highest BCUT2D eigenvalue weighted by molar-refractivity contribution is 6.31. The molecule has 0 aromatic heterocycles. The Morgan fingerprint density at radius 2 is 1.94 bits per heavy atom. The molecule has 0 radical (unpaired) electrons. The van der Waals surface area contributed by atoms with Crippen LogP contribution in [0.25, 0.3) is 0 Å². The number of phenols is 2. The van der Waals surface area contributed by atoms with Gasteiger partial charge in [-0.15, -0.1) is 0 Å². The van der Waals surface area contributed by atoms with Gasteiger partial charge in [0.25, 0.3) is 0 Å². The zero-order valence-corrected chi connectivity index (χ0v) is 10.7. The van der Waals surface area contributed by atoms with Gasteiger partial charge in [0, 0.05) is 28.6 Å². The molecule has 4 heteroatoms. The quantitative estimate of drug-likeness (QED) is 0.712. The first-order valence-corrected chi connectivity index (χ1v) is 6.31. The number of nitrogens with two attached hydrogens (primary N) is 1. The number of aromatic hydroxyl groups is 2. The third-order valence-electron chi connectivity index (χ3n) is 3.96. The maximum Gasteiger partial charge on any atom is 0.161 e. The Labute approximate surface area is 106 Å². The molecule has 0 saturated heterocycles. The molecule has 1 saturated carbocycles. The molecule has 0 amide bonds. The van der Waals surface area contributed by atoms with Crippen molar-refractivity contribution in [3.63, 3.8) is 0 Å². The molecular formula is C13H18ClNO2. The molecule has 2 rings (SSSR count). The number of benzene rings is 1. The highest BCUT2D eigenvalue weighted by atomic mass is 35.5. The van der Waals surface area contributed by atoms with E-state index in [1.165, 1.54) is 6.07 Å². The van der Waals surface area contributed by atoms with Crippen molar-refractivity contribution in [2.45, 2.75) is 38.0 Å². The fourth-order valence-corrected chi connectivity index (χ4v) is 3.18. The molecule has 17 heavy (non-hydrogen) atoms. The van der Waals surface area contributed by atoms with Gasteiger partial charge in [-0.1, -0.05) is 24.4 Å². The molecule has 0 spiro atoms. The molecule has 0 heterocycles. The average molecular weight is 256 g/mol. The number of rotatable bonds is 2. The molecule has 1 fully saturated rings. The lowest BCUT2D eigenvalue weighted by atomic mass is 9.76. The summed E-state index contributed by atoms with van der Waals surface area (Å²) in [5.74, 6) is -0.213. The van der Waals surface area contributed by atoms with E-state index in [1.807, 2.05) is 6.92 Å². The topological polar surface area (TPSA) is 66.5 Å². The van der Waals surface area contributed by atoms with Crippen molar-refractivity contribution < 1.29 is 10.2 Å². The van der Waals surface area contributed by atoms with E-state index in [0.29, 0.717) is 11.6 Å². The SMILES string of the molecule is Cc1c(Cl)cc(O)c(O)c1C1(CN)CCCC1. The monoisotopic (exact) mass is 255 g/mol. The number of hydrogen-bond donors (Lipinski definition) is 3. The molecule has 4 N–H and O–H groups in total. The Morgan fingerprint density at radius 1 is 1.35 bits per heavy atom. The van der Waals surface area contributed by atoms with Crippen LogP contribution in [-0.4, -0.2) is 16.8 Å². The Balaban J connectivity index is 2.65. The number of halogens is 1. The molecule has 94 valence electrons. The van der Waals surface area contributed by atoms with Crippen LogP contribution >= 0.6 is 11.6 Å². The minimum Gasteiger partial charge on any atom is -0.504 e. The normalized spacial score (nSPS) is 18.5. The van der Waals surface area contributed by atoms with Crippen LogP contribution < -0.4 is 5.73 Å². The minimum atomic E-state index is -0.226. The summed E-state index contributed by atoms with van der Waals surface area (Å²) < 4.78 is 0. The van der Waals surface area contributed by atoms with Crippen molar-refractivity contribution >= 4 is 11.6 Å². The van der Waals surface area contributed by atoms with E-state index in [9.17, 15) is 10.2 Å². The van der Waals surface area contributed by atoms with Crippen LogP contribution in [0.5, 0.6) is 11.5 Å². The van der Waals surface area contributed by atoms with Gasteiger partial charge in [0.2, 0.25) is 0 Å². The largest absolute Gasteiger partial charge is 0.504 e.